The van der Waals surface area contributed by atoms with Gasteiger partial charge in [-0.25, -0.2) is 8.42 Å². The van der Waals surface area contributed by atoms with Gasteiger partial charge in [0.2, 0.25) is 21.8 Å². The second-order valence-corrected chi connectivity index (χ2v) is 13.7. The molecule has 0 unspecified atom stereocenters. The number of halogens is 1. The highest BCUT2D eigenvalue weighted by Gasteiger charge is 2.32. The van der Waals surface area contributed by atoms with E-state index in [4.69, 9.17) is 11.6 Å². The molecule has 41 heavy (non-hydrogen) atoms. The molecule has 3 aromatic rings. The third-order valence-electron chi connectivity index (χ3n) is 6.62. The largest absolute Gasteiger partial charge is 0.350 e. The van der Waals surface area contributed by atoms with Crippen molar-refractivity contribution in [1.82, 2.24) is 10.2 Å². The highest BCUT2D eigenvalue weighted by Crippen LogP contribution is 2.23. The van der Waals surface area contributed by atoms with Crippen LogP contribution in [0.5, 0.6) is 0 Å². The van der Waals surface area contributed by atoms with E-state index < -0.39 is 21.6 Å². The van der Waals surface area contributed by atoms with Gasteiger partial charge in [-0.1, -0.05) is 72.3 Å². The molecule has 220 valence electrons. The fourth-order valence-corrected chi connectivity index (χ4v) is 5.75. The Hall–Kier alpha value is -3.36. The quantitative estimate of drug-likeness (QED) is 0.288. The Morgan fingerprint density at radius 1 is 0.951 bits per heavy atom. The Balaban J connectivity index is 1.91. The predicted octanol–water partition coefficient (Wildman–Crippen LogP) is 5.75. The number of hydrogen-bond donors (Lipinski definition) is 1. The Bertz CT molecular complexity index is 1440. The maximum Gasteiger partial charge on any atom is 0.243 e. The van der Waals surface area contributed by atoms with Gasteiger partial charge in [-0.3, -0.25) is 13.9 Å². The number of hydrogen-bond acceptors (Lipinski definition) is 4. The van der Waals surface area contributed by atoms with Crippen molar-refractivity contribution < 1.29 is 18.0 Å². The first-order valence-corrected chi connectivity index (χ1v) is 15.9. The number of aryl methyl sites for hydroxylation is 1. The maximum atomic E-state index is 13.9. The molecule has 1 N–H and O–H groups in total. The number of amides is 2. The lowest BCUT2D eigenvalue weighted by molar-refractivity contribution is -0.142. The van der Waals surface area contributed by atoms with E-state index in [1.54, 1.807) is 29.2 Å². The number of carbonyl (C=O) groups excluding carboxylic acids is 2. The zero-order valence-electron chi connectivity index (χ0n) is 24.4. The fourth-order valence-electron chi connectivity index (χ4n) is 4.61. The lowest BCUT2D eigenvalue weighted by Gasteiger charge is -2.34. The second kappa shape index (κ2) is 14.0. The zero-order valence-corrected chi connectivity index (χ0v) is 26.0. The molecular weight excluding hydrogens is 558 g/mol. The molecule has 0 saturated carbocycles. The topological polar surface area (TPSA) is 86.8 Å². The van der Waals surface area contributed by atoms with Crippen molar-refractivity contribution in [3.8, 4) is 0 Å². The summed E-state index contributed by atoms with van der Waals surface area (Å²) in [6.07, 6.45) is 1.81. The van der Waals surface area contributed by atoms with E-state index in [0.717, 1.165) is 22.9 Å². The molecule has 0 bridgehead atoms. The summed E-state index contributed by atoms with van der Waals surface area (Å²) in [6.45, 7) is 8.06. The summed E-state index contributed by atoms with van der Waals surface area (Å²) in [7, 11) is -3.61. The molecule has 0 radical (unpaired) electrons. The number of anilines is 1. The molecule has 0 spiro atoms. The highest BCUT2D eigenvalue weighted by atomic mass is 35.5. The number of benzene rings is 3. The summed E-state index contributed by atoms with van der Waals surface area (Å²) >= 11 is 6.11. The smallest absolute Gasteiger partial charge is 0.243 e. The van der Waals surface area contributed by atoms with Crippen molar-refractivity contribution in [2.45, 2.75) is 65.1 Å². The van der Waals surface area contributed by atoms with Crippen molar-refractivity contribution in [2.75, 3.05) is 17.1 Å². The summed E-state index contributed by atoms with van der Waals surface area (Å²) in [4.78, 5) is 29.3. The highest BCUT2D eigenvalue weighted by molar-refractivity contribution is 7.92. The van der Waals surface area contributed by atoms with E-state index in [2.05, 4.69) is 5.32 Å². The Labute approximate surface area is 249 Å². The molecule has 0 aliphatic carbocycles. The molecule has 7 nitrogen and oxygen atoms in total. The van der Waals surface area contributed by atoms with Gasteiger partial charge >= 0.3 is 0 Å². The molecular formula is C32H40ClN3O4S. The van der Waals surface area contributed by atoms with E-state index in [1.165, 1.54) is 4.31 Å². The maximum absolute atomic E-state index is 13.9. The van der Waals surface area contributed by atoms with E-state index in [9.17, 15) is 18.0 Å². The number of carbonyl (C=O) groups is 2. The van der Waals surface area contributed by atoms with Gasteiger partial charge in [-0.15, -0.1) is 0 Å². The SMILES string of the molecule is Cc1ccccc1CN(C(=O)CCCN(c1cccc(Cl)c1)S(C)(=O)=O)[C@@H](Cc1ccccc1)C(=O)NC(C)(C)C. The van der Waals surface area contributed by atoms with Crippen LogP contribution < -0.4 is 9.62 Å². The fraction of sp³-hybridized carbons (Fsp3) is 0.375. The predicted molar refractivity (Wildman–Crippen MR) is 166 cm³/mol. The van der Waals surface area contributed by atoms with Crippen LogP contribution in [-0.2, 0) is 32.6 Å². The van der Waals surface area contributed by atoms with Crippen molar-refractivity contribution in [3.63, 3.8) is 0 Å². The van der Waals surface area contributed by atoms with Gasteiger partial charge in [0.25, 0.3) is 0 Å². The second-order valence-electron chi connectivity index (χ2n) is 11.3. The van der Waals surface area contributed by atoms with Gasteiger partial charge in [0, 0.05) is 36.5 Å². The average molecular weight is 598 g/mol. The van der Waals surface area contributed by atoms with Crippen LogP contribution in [0, 0.1) is 6.92 Å². The lowest BCUT2D eigenvalue weighted by Crippen LogP contribution is -2.54. The minimum atomic E-state index is -3.61. The standard InChI is InChI=1S/C32H40ClN3O4S/c1-24-13-9-10-16-26(24)23-35(29(31(38)34-32(2,3)4)21-25-14-7-6-8-15-25)30(37)19-12-20-36(41(5,39)40)28-18-11-17-27(33)22-28/h6-11,13-18,22,29H,12,19-21,23H2,1-5H3,(H,34,38)/t29-/m0/s1. The normalized spacial score (nSPS) is 12.4. The van der Waals surface area contributed by atoms with E-state index in [0.29, 0.717) is 17.1 Å². The van der Waals surface area contributed by atoms with Crippen molar-refractivity contribution in [1.29, 1.82) is 0 Å². The number of nitrogens with one attached hydrogen (secondary N) is 1. The van der Waals surface area contributed by atoms with Crippen LogP contribution in [0.3, 0.4) is 0 Å². The van der Waals surface area contributed by atoms with Crippen LogP contribution in [0.1, 0.15) is 50.3 Å². The molecule has 0 aliphatic rings. The lowest BCUT2D eigenvalue weighted by atomic mass is 9.99. The molecule has 0 heterocycles. The van der Waals surface area contributed by atoms with Gasteiger partial charge in [-0.05, 0) is 69.0 Å². The van der Waals surface area contributed by atoms with E-state index in [-0.39, 0.29) is 37.7 Å². The van der Waals surface area contributed by atoms with Gasteiger partial charge in [0.1, 0.15) is 6.04 Å². The van der Waals surface area contributed by atoms with Crippen molar-refractivity contribution in [3.05, 3.63) is 101 Å². The van der Waals surface area contributed by atoms with Crippen LogP contribution in [0.2, 0.25) is 5.02 Å². The Morgan fingerprint density at radius 3 is 2.22 bits per heavy atom. The summed E-state index contributed by atoms with van der Waals surface area (Å²) in [5.41, 5.74) is 2.85. The van der Waals surface area contributed by atoms with Crippen LogP contribution >= 0.6 is 11.6 Å². The molecule has 0 fully saturated rings. The van der Waals surface area contributed by atoms with Crippen LogP contribution in [-0.4, -0.2) is 49.5 Å². The summed E-state index contributed by atoms with van der Waals surface area (Å²) in [5, 5.41) is 3.48. The summed E-state index contributed by atoms with van der Waals surface area (Å²) in [5.74, 6) is -0.460. The van der Waals surface area contributed by atoms with Crippen LogP contribution in [0.15, 0.2) is 78.9 Å². The molecule has 9 heteroatoms. The first kappa shape index (κ1) is 32.2. The zero-order chi connectivity index (χ0) is 30.2. The van der Waals surface area contributed by atoms with E-state index >= 15 is 0 Å². The third-order valence-corrected chi connectivity index (χ3v) is 8.05. The minimum Gasteiger partial charge on any atom is -0.350 e. The number of sulfonamides is 1. The number of nitrogens with zero attached hydrogens (tertiary/aromatic N) is 2. The summed E-state index contributed by atoms with van der Waals surface area (Å²) in [6, 6.07) is 23.3. The molecule has 0 saturated heterocycles. The molecule has 0 aromatic heterocycles. The first-order chi connectivity index (χ1) is 19.2. The molecule has 1 atom stereocenters. The van der Waals surface area contributed by atoms with Crippen molar-refractivity contribution in [2.24, 2.45) is 0 Å². The van der Waals surface area contributed by atoms with Gasteiger partial charge in [-0.2, -0.15) is 0 Å². The van der Waals surface area contributed by atoms with Gasteiger partial charge in [0.05, 0.1) is 11.9 Å². The number of rotatable bonds is 12. The minimum absolute atomic E-state index is 0.0621. The molecule has 0 aliphatic heterocycles. The van der Waals surface area contributed by atoms with E-state index in [1.807, 2.05) is 82.3 Å². The Kier molecular flexibility index (Phi) is 11.0. The first-order valence-electron chi connectivity index (χ1n) is 13.7. The average Bonchev–Trinajstić information content (AvgIpc) is 2.88. The molecule has 3 rings (SSSR count). The molecule has 2 amide bonds. The third kappa shape index (κ3) is 9.90. The summed E-state index contributed by atoms with van der Waals surface area (Å²) < 4.78 is 26.5. The van der Waals surface area contributed by atoms with Crippen molar-refractivity contribution >= 4 is 39.1 Å². The van der Waals surface area contributed by atoms with Crippen LogP contribution in [0.4, 0.5) is 5.69 Å². The van der Waals surface area contributed by atoms with Gasteiger partial charge < -0.3 is 10.2 Å². The Morgan fingerprint density at radius 2 is 1.61 bits per heavy atom. The monoisotopic (exact) mass is 597 g/mol. The van der Waals surface area contributed by atoms with Gasteiger partial charge in [0.15, 0.2) is 0 Å². The van der Waals surface area contributed by atoms with Crippen LogP contribution in [0.25, 0.3) is 0 Å². The molecule has 3 aromatic carbocycles.